The molecule has 1 aromatic rings. The first-order valence-corrected chi connectivity index (χ1v) is 7.90. The van der Waals surface area contributed by atoms with Gasteiger partial charge in [-0.25, -0.2) is 0 Å². The van der Waals surface area contributed by atoms with E-state index in [1.54, 1.807) is 5.56 Å². The van der Waals surface area contributed by atoms with Crippen LogP contribution in [0.3, 0.4) is 0 Å². The number of hydrogen-bond donors (Lipinski definition) is 1. The molecule has 1 aliphatic rings. The van der Waals surface area contributed by atoms with Crippen molar-refractivity contribution in [2.75, 3.05) is 7.05 Å². The molecule has 1 aromatic heterocycles. The van der Waals surface area contributed by atoms with Crippen LogP contribution in [-0.4, -0.2) is 7.05 Å². The Morgan fingerprint density at radius 2 is 2.24 bits per heavy atom. The van der Waals surface area contributed by atoms with Gasteiger partial charge in [-0.3, -0.25) is 0 Å². The van der Waals surface area contributed by atoms with Gasteiger partial charge in [0.1, 0.15) is 0 Å². The molecule has 1 aliphatic carbocycles. The van der Waals surface area contributed by atoms with E-state index >= 15 is 0 Å². The number of thiophene rings is 1. The van der Waals surface area contributed by atoms with Crippen molar-refractivity contribution in [3.05, 3.63) is 21.9 Å². The number of nitrogens with one attached hydrogen (secondary N) is 1. The highest BCUT2D eigenvalue weighted by Crippen LogP contribution is 2.39. The van der Waals surface area contributed by atoms with Crippen LogP contribution in [0.15, 0.2) is 10.8 Å². The standard InChI is InChI=1S/C15H25NS/c1-4-12-6-5-7-13(8-12)15(16-3)14-10-17-9-11(14)2/h9-10,12-13,15-16H,4-8H2,1-3H3. The van der Waals surface area contributed by atoms with Gasteiger partial charge < -0.3 is 5.32 Å². The molecule has 3 unspecified atom stereocenters. The fourth-order valence-corrected chi connectivity index (χ4v) is 4.23. The molecule has 0 radical (unpaired) electrons. The first-order valence-electron chi connectivity index (χ1n) is 6.96. The van der Waals surface area contributed by atoms with Crippen LogP contribution in [0.1, 0.15) is 56.2 Å². The Kier molecular flexibility index (Phi) is 4.63. The maximum absolute atomic E-state index is 3.57. The lowest BCUT2D eigenvalue weighted by atomic mass is 9.75. The Labute approximate surface area is 110 Å². The highest BCUT2D eigenvalue weighted by Gasteiger charge is 2.28. The molecular weight excluding hydrogens is 226 g/mol. The van der Waals surface area contributed by atoms with Gasteiger partial charge in [-0.05, 0) is 60.5 Å². The molecule has 96 valence electrons. The van der Waals surface area contributed by atoms with Crippen LogP contribution in [0.4, 0.5) is 0 Å². The van der Waals surface area contributed by atoms with E-state index < -0.39 is 0 Å². The number of hydrogen-bond acceptors (Lipinski definition) is 2. The molecule has 0 aromatic carbocycles. The number of aryl methyl sites for hydroxylation is 1. The molecule has 2 rings (SSSR count). The van der Waals surface area contributed by atoms with Gasteiger partial charge in [0.2, 0.25) is 0 Å². The Morgan fingerprint density at radius 3 is 2.82 bits per heavy atom. The Hall–Kier alpha value is -0.340. The van der Waals surface area contributed by atoms with Crippen molar-refractivity contribution in [2.45, 2.75) is 52.0 Å². The minimum Gasteiger partial charge on any atom is -0.313 e. The molecule has 1 nitrogen and oxygen atoms in total. The van der Waals surface area contributed by atoms with E-state index in [1.165, 1.54) is 37.7 Å². The maximum Gasteiger partial charge on any atom is 0.0357 e. The third-order valence-electron chi connectivity index (χ3n) is 4.41. The van der Waals surface area contributed by atoms with Gasteiger partial charge in [0, 0.05) is 6.04 Å². The average Bonchev–Trinajstić information content (AvgIpc) is 2.77. The molecule has 1 saturated carbocycles. The lowest BCUT2D eigenvalue weighted by Crippen LogP contribution is -2.29. The monoisotopic (exact) mass is 251 g/mol. The SMILES string of the molecule is CCC1CCCC(C(NC)c2cscc2C)C1. The molecule has 2 heteroatoms. The highest BCUT2D eigenvalue weighted by atomic mass is 32.1. The van der Waals surface area contributed by atoms with Crippen LogP contribution < -0.4 is 5.32 Å². The van der Waals surface area contributed by atoms with Crippen LogP contribution in [0, 0.1) is 18.8 Å². The summed E-state index contributed by atoms with van der Waals surface area (Å²) in [6, 6.07) is 0.579. The lowest BCUT2D eigenvalue weighted by molar-refractivity contribution is 0.214. The third-order valence-corrected chi connectivity index (χ3v) is 5.29. The third kappa shape index (κ3) is 2.92. The fourth-order valence-electron chi connectivity index (χ4n) is 3.34. The van der Waals surface area contributed by atoms with Crippen molar-refractivity contribution in [3.8, 4) is 0 Å². The van der Waals surface area contributed by atoms with E-state index in [0.717, 1.165) is 11.8 Å². The van der Waals surface area contributed by atoms with E-state index in [-0.39, 0.29) is 0 Å². The second-order valence-electron chi connectivity index (χ2n) is 5.48. The van der Waals surface area contributed by atoms with Crippen molar-refractivity contribution >= 4 is 11.3 Å². The maximum atomic E-state index is 3.57. The molecular formula is C15H25NS. The topological polar surface area (TPSA) is 12.0 Å². The van der Waals surface area contributed by atoms with E-state index in [4.69, 9.17) is 0 Å². The quantitative estimate of drug-likeness (QED) is 0.829. The Bertz CT molecular complexity index is 344. The van der Waals surface area contributed by atoms with Crippen LogP contribution in [0.25, 0.3) is 0 Å². The Morgan fingerprint density at radius 1 is 1.41 bits per heavy atom. The van der Waals surface area contributed by atoms with E-state index in [9.17, 15) is 0 Å². The zero-order chi connectivity index (χ0) is 12.3. The second kappa shape index (κ2) is 6.01. The molecule has 0 aliphatic heterocycles. The summed E-state index contributed by atoms with van der Waals surface area (Å²) in [4.78, 5) is 0. The number of rotatable bonds is 4. The highest BCUT2D eigenvalue weighted by molar-refractivity contribution is 7.08. The molecule has 0 spiro atoms. The van der Waals surface area contributed by atoms with E-state index in [0.29, 0.717) is 6.04 Å². The van der Waals surface area contributed by atoms with Gasteiger partial charge in [0.15, 0.2) is 0 Å². The summed E-state index contributed by atoms with van der Waals surface area (Å²) in [6.45, 7) is 4.59. The average molecular weight is 251 g/mol. The minimum absolute atomic E-state index is 0.579. The molecule has 1 N–H and O–H groups in total. The van der Waals surface area contributed by atoms with Gasteiger partial charge in [0.25, 0.3) is 0 Å². The molecule has 17 heavy (non-hydrogen) atoms. The normalized spacial score (nSPS) is 27.0. The summed E-state index contributed by atoms with van der Waals surface area (Å²) in [7, 11) is 2.12. The van der Waals surface area contributed by atoms with Crippen molar-refractivity contribution in [2.24, 2.45) is 11.8 Å². The van der Waals surface area contributed by atoms with Gasteiger partial charge in [-0.2, -0.15) is 11.3 Å². The first kappa shape index (κ1) is 13.1. The molecule has 1 fully saturated rings. The van der Waals surface area contributed by atoms with Gasteiger partial charge >= 0.3 is 0 Å². The molecule has 0 amide bonds. The summed E-state index contributed by atoms with van der Waals surface area (Å²) < 4.78 is 0. The first-order chi connectivity index (χ1) is 8.26. The predicted molar refractivity (Wildman–Crippen MR) is 76.6 cm³/mol. The molecule has 1 heterocycles. The van der Waals surface area contributed by atoms with E-state index in [1.807, 2.05) is 11.3 Å². The van der Waals surface area contributed by atoms with Crippen molar-refractivity contribution in [3.63, 3.8) is 0 Å². The Balaban J connectivity index is 2.10. The van der Waals surface area contributed by atoms with E-state index in [2.05, 4.69) is 37.0 Å². The second-order valence-corrected chi connectivity index (χ2v) is 6.22. The van der Waals surface area contributed by atoms with Gasteiger partial charge in [0.05, 0.1) is 0 Å². The van der Waals surface area contributed by atoms with Crippen LogP contribution in [-0.2, 0) is 0 Å². The zero-order valence-electron chi connectivity index (χ0n) is 11.3. The molecule has 0 bridgehead atoms. The lowest BCUT2D eigenvalue weighted by Gasteiger charge is -2.34. The largest absolute Gasteiger partial charge is 0.313 e. The summed E-state index contributed by atoms with van der Waals surface area (Å²) in [5.41, 5.74) is 3.01. The van der Waals surface area contributed by atoms with Crippen molar-refractivity contribution in [1.82, 2.24) is 5.32 Å². The summed E-state index contributed by atoms with van der Waals surface area (Å²) in [6.07, 6.45) is 7.04. The van der Waals surface area contributed by atoms with Crippen LogP contribution in [0.5, 0.6) is 0 Å². The smallest absolute Gasteiger partial charge is 0.0357 e. The minimum atomic E-state index is 0.579. The molecule has 3 atom stereocenters. The fraction of sp³-hybridized carbons (Fsp3) is 0.733. The van der Waals surface area contributed by atoms with Crippen LogP contribution in [0.2, 0.25) is 0 Å². The van der Waals surface area contributed by atoms with Crippen molar-refractivity contribution in [1.29, 1.82) is 0 Å². The summed E-state index contributed by atoms with van der Waals surface area (Å²) >= 11 is 1.84. The molecule has 0 saturated heterocycles. The summed E-state index contributed by atoms with van der Waals surface area (Å²) in [5.74, 6) is 1.80. The van der Waals surface area contributed by atoms with Gasteiger partial charge in [-0.15, -0.1) is 0 Å². The zero-order valence-corrected chi connectivity index (χ0v) is 12.1. The summed E-state index contributed by atoms with van der Waals surface area (Å²) in [5, 5.41) is 8.18. The van der Waals surface area contributed by atoms with Crippen LogP contribution >= 0.6 is 11.3 Å². The van der Waals surface area contributed by atoms with Gasteiger partial charge in [-0.1, -0.05) is 26.2 Å². The predicted octanol–water partition coefficient (Wildman–Crippen LogP) is 4.53. The van der Waals surface area contributed by atoms with Crippen molar-refractivity contribution < 1.29 is 0 Å².